The summed E-state index contributed by atoms with van der Waals surface area (Å²) in [6, 6.07) is 0. The van der Waals surface area contributed by atoms with Gasteiger partial charge < -0.3 is 11.1 Å². The number of nitrogens with two attached hydrogens (primary N) is 1. The molecule has 0 aromatic carbocycles. The first kappa shape index (κ1) is 16.5. The van der Waals surface area contributed by atoms with Gasteiger partial charge in [-0.15, -0.1) is 0 Å². The van der Waals surface area contributed by atoms with Crippen LogP contribution in [0.25, 0.3) is 0 Å². The van der Waals surface area contributed by atoms with Gasteiger partial charge in [-0.3, -0.25) is 0 Å². The van der Waals surface area contributed by atoms with E-state index in [4.69, 9.17) is 5.73 Å². The van der Waals surface area contributed by atoms with E-state index < -0.39 is 10.0 Å². The molecule has 0 aliphatic heterocycles. The second kappa shape index (κ2) is 6.50. The van der Waals surface area contributed by atoms with E-state index in [1.54, 1.807) is 0 Å². The fourth-order valence-electron chi connectivity index (χ4n) is 2.61. The van der Waals surface area contributed by atoms with E-state index in [0.717, 1.165) is 24.0 Å². The Morgan fingerprint density at radius 3 is 2.52 bits per heavy atom. The summed E-state index contributed by atoms with van der Waals surface area (Å²) in [7, 11) is -0.565. The zero-order chi connectivity index (χ0) is 15.6. The Hall–Kier alpha value is -0.860. The monoisotopic (exact) mass is 332 g/mol. The molecule has 1 fully saturated rings. The molecule has 21 heavy (non-hydrogen) atoms. The Kier molecular flexibility index (Phi) is 5.11. The Morgan fingerprint density at radius 2 is 1.95 bits per heavy atom. The van der Waals surface area contributed by atoms with Crippen LogP contribution in [0.5, 0.6) is 0 Å². The lowest BCUT2D eigenvalue weighted by molar-refractivity contribution is 0.300. The summed E-state index contributed by atoms with van der Waals surface area (Å²) < 4.78 is 29.8. The molecule has 0 radical (unpaired) electrons. The molecule has 0 atom stereocenters. The molecule has 1 aromatic rings. The van der Waals surface area contributed by atoms with E-state index in [9.17, 15) is 8.42 Å². The molecule has 1 aliphatic rings. The van der Waals surface area contributed by atoms with Gasteiger partial charge in [0.25, 0.3) is 0 Å². The normalized spacial score (nSPS) is 23.4. The molecule has 1 aliphatic carbocycles. The first-order valence-electron chi connectivity index (χ1n) is 7.24. The number of hydrogen-bond donors (Lipinski definition) is 2. The number of nitrogen functional groups attached to an aromatic ring is 1. The topological polar surface area (TPSA) is 88.3 Å². The van der Waals surface area contributed by atoms with Crippen molar-refractivity contribution in [1.29, 1.82) is 0 Å². The maximum absolute atomic E-state index is 12.3. The Labute approximate surface area is 130 Å². The molecule has 120 valence electrons. The van der Waals surface area contributed by atoms with Gasteiger partial charge in [-0.25, -0.2) is 12.7 Å². The van der Waals surface area contributed by atoms with E-state index in [1.165, 1.54) is 44.1 Å². The van der Waals surface area contributed by atoms with Gasteiger partial charge in [0.15, 0.2) is 10.7 Å². The lowest BCUT2D eigenvalue weighted by atomic mass is 9.83. The molecule has 0 bridgehead atoms. The van der Waals surface area contributed by atoms with Crippen molar-refractivity contribution in [1.82, 2.24) is 8.68 Å². The molecule has 1 heterocycles. The van der Waals surface area contributed by atoms with Gasteiger partial charge in [-0.05, 0) is 36.2 Å². The van der Waals surface area contributed by atoms with Gasteiger partial charge in [0.2, 0.25) is 10.0 Å². The highest BCUT2D eigenvalue weighted by Crippen LogP contribution is 2.34. The molecule has 3 N–H and O–H groups in total. The van der Waals surface area contributed by atoms with E-state index in [2.05, 4.69) is 16.6 Å². The quantitative estimate of drug-likeness (QED) is 0.863. The third-order valence-corrected chi connectivity index (χ3v) is 6.94. The van der Waals surface area contributed by atoms with Gasteiger partial charge in [0.1, 0.15) is 5.00 Å². The number of aromatic nitrogens is 1. The summed E-state index contributed by atoms with van der Waals surface area (Å²) in [5, 5.41) is 3.81. The zero-order valence-electron chi connectivity index (χ0n) is 12.8. The highest BCUT2D eigenvalue weighted by Gasteiger charge is 2.28. The van der Waals surface area contributed by atoms with Gasteiger partial charge in [0, 0.05) is 20.6 Å². The second-order valence-corrected chi connectivity index (χ2v) is 8.88. The fourth-order valence-corrected chi connectivity index (χ4v) is 4.69. The molecule has 2 rings (SSSR count). The maximum atomic E-state index is 12.3. The van der Waals surface area contributed by atoms with Crippen LogP contribution in [-0.2, 0) is 10.0 Å². The second-order valence-electron chi connectivity index (χ2n) is 6.02. The SMILES string of the molecule is CC1CCC(CNc2snc(N)c2S(=O)(=O)N(C)C)CC1. The maximum Gasteiger partial charge on any atom is 0.249 e. The summed E-state index contributed by atoms with van der Waals surface area (Å²) >= 11 is 1.12. The van der Waals surface area contributed by atoms with Crippen LogP contribution in [-0.4, -0.2) is 37.7 Å². The molecule has 1 aromatic heterocycles. The number of hydrogen-bond acceptors (Lipinski definition) is 6. The van der Waals surface area contributed by atoms with Gasteiger partial charge in [-0.2, -0.15) is 4.37 Å². The number of nitrogens with zero attached hydrogens (tertiary/aromatic N) is 2. The van der Waals surface area contributed by atoms with Crippen LogP contribution >= 0.6 is 11.5 Å². The lowest BCUT2D eigenvalue weighted by Crippen LogP contribution is -2.25. The van der Waals surface area contributed by atoms with Crippen molar-refractivity contribution in [3.63, 3.8) is 0 Å². The van der Waals surface area contributed by atoms with Crippen molar-refractivity contribution in [3.05, 3.63) is 0 Å². The van der Waals surface area contributed by atoms with Crippen LogP contribution in [0, 0.1) is 11.8 Å². The predicted octanol–water partition coefficient (Wildman–Crippen LogP) is 2.21. The van der Waals surface area contributed by atoms with E-state index >= 15 is 0 Å². The van der Waals surface area contributed by atoms with E-state index in [0.29, 0.717) is 10.9 Å². The molecule has 0 unspecified atom stereocenters. The average molecular weight is 332 g/mol. The largest absolute Gasteiger partial charge is 0.382 e. The molecule has 8 heteroatoms. The van der Waals surface area contributed by atoms with Crippen molar-refractivity contribution < 1.29 is 8.42 Å². The minimum atomic E-state index is -3.56. The van der Waals surface area contributed by atoms with Crippen molar-refractivity contribution in [2.75, 3.05) is 31.7 Å². The molecular formula is C13H24N4O2S2. The van der Waals surface area contributed by atoms with Crippen LogP contribution in [0.15, 0.2) is 4.90 Å². The van der Waals surface area contributed by atoms with Gasteiger partial charge >= 0.3 is 0 Å². The smallest absolute Gasteiger partial charge is 0.249 e. The van der Waals surface area contributed by atoms with Crippen LogP contribution in [0.3, 0.4) is 0 Å². The highest BCUT2D eigenvalue weighted by atomic mass is 32.2. The Bertz CT molecular complexity index is 575. The average Bonchev–Trinajstić information content (AvgIpc) is 2.79. The van der Waals surface area contributed by atoms with Crippen LogP contribution < -0.4 is 11.1 Å². The Morgan fingerprint density at radius 1 is 1.33 bits per heavy atom. The summed E-state index contributed by atoms with van der Waals surface area (Å²) in [5.74, 6) is 1.48. The van der Waals surface area contributed by atoms with Crippen molar-refractivity contribution in [3.8, 4) is 0 Å². The van der Waals surface area contributed by atoms with Crippen LogP contribution in [0.1, 0.15) is 32.6 Å². The molecule has 0 saturated heterocycles. The summed E-state index contributed by atoms with van der Waals surface area (Å²) in [4.78, 5) is 0.113. The number of rotatable bonds is 5. The predicted molar refractivity (Wildman–Crippen MR) is 87.0 cm³/mol. The third-order valence-electron chi connectivity index (χ3n) is 4.10. The first-order chi connectivity index (χ1) is 9.82. The lowest BCUT2D eigenvalue weighted by Gasteiger charge is -2.26. The van der Waals surface area contributed by atoms with Crippen LogP contribution in [0.4, 0.5) is 10.8 Å². The first-order valence-corrected chi connectivity index (χ1v) is 9.45. The van der Waals surface area contributed by atoms with Crippen molar-refractivity contribution >= 4 is 32.4 Å². The van der Waals surface area contributed by atoms with Gasteiger partial charge in [-0.1, -0.05) is 19.8 Å². The van der Waals surface area contributed by atoms with Gasteiger partial charge in [0.05, 0.1) is 0 Å². The van der Waals surface area contributed by atoms with Crippen molar-refractivity contribution in [2.24, 2.45) is 11.8 Å². The molecule has 0 amide bonds. The molecule has 1 saturated carbocycles. The van der Waals surface area contributed by atoms with E-state index in [1.807, 2.05) is 0 Å². The fraction of sp³-hybridized carbons (Fsp3) is 0.769. The summed E-state index contributed by atoms with van der Waals surface area (Å²) in [6.45, 7) is 3.07. The highest BCUT2D eigenvalue weighted by molar-refractivity contribution is 7.89. The Balaban J connectivity index is 2.08. The van der Waals surface area contributed by atoms with E-state index in [-0.39, 0.29) is 10.7 Å². The summed E-state index contributed by atoms with van der Waals surface area (Å²) in [5.41, 5.74) is 5.75. The number of nitrogens with one attached hydrogen (secondary N) is 1. The standard InChI is InChI=1S/C13H24N4O2S2/c1-9-4-6-10(7-5-9)8-15-13-11(12(14)16-20-13)21(18,19)17(2)3/h9-10,15H,4-8H2,1-3H3,(H2,14,16). The molecular weight excluding hydrogens is 308 g/mol. The number of sulfonamides is 1. The molecule has 0 spiro atoms. The third kappa shape index (κ3) is 3.67. The van der Waals surface area contributed by atoms with Crippen molar-refractivity contribution in [2.45, 2.75) is 37.5 Å². The summed E-state index contributed by atoms with van der Waals surface area (Å²) in [6.07, 6.45) is 4.89. The zero-order valence-corrected chi connectivity index (χ0v) is 14.4. The van der Waals surface area contributed by atoms with Crippen LogP contribution in [0.2, 0.25) is 0 Å². The molecule has 6 nitrogen and oxygen atoms in total. The minimum absolute atomic E-state index is 0.0773. The number of anilines is 2. The minimum Gasteiger partial charge on any atom is -0.382 e.